The van der Waals surface area contributed by atoms with E-state index in [1.165, 1.54) is 6.92 Å². The van der Waals surface area contributed by atoms with Crippen LogP contribution in [0.1, 0.15) is 48.5 Å². The molecule has 0 aliphatic carbocycles. The minimum Gasteiger partial charge on any atom is -0.458 e. The van der Waals surface area contributed by atoms with Gasteiger partial charge in [0.1, 0.15) is 11.2 Å². The van der Waals surface area contributed by atoms with Crippen molar-refractivity contribution in [3.8, 4) is 0 Å². The van der Waals surface area contributed by atoms with Gasteiger partial charge in [-0.3, -0.25) is 0 Å². The molecule has 0 radical (unpaired) electrons. The number of ether oxygens (including phenoxy) is 2. The lowest BCUT2D eigenvalue weighted by molar-refractivity contribution is -0.160. The summed E-state index contributed by atoms with van der Waals surface area (Å²) in [5.74, 6) is -0.701. The quantitative estimate of drug-likeness (QED) is 0.764. The Morgan fingerprint density at radius 2 is 1.42 bits per heavy atom. The first-order chi connectivity index (χ1) is 8.32. The Balaban J connectivity index is 4.67. The number of hydrogen-bond acceptors (Lipinski definition) is 5. The third-order valence-corrected chi connectivity index (χ3v) is 1.82. The van der Waals surface area contributed by atoms with E-state index in [1.54, 1.807) is 41.5 Å². The fourth-order valence-electron chi connectivity index (χ4n) is 1.18. The Morgan fingerprint density at radius 3 is 1.74 bits per heavy atom. The molecular weight excluding hydrogens is 250 g/mol. The highest BCUT2D eigenvalue weighted by Gasteiger charge is 2.31. The summed E-state index contributed by atoms with van der Waals surface area (Å²) in [7, 11) is 0. The number of nitrogens with one attached hydrogen (secondary N) is 1. The second-order valence-electron chi connectivity index (χ2n) is 6.40. The van der Waals surface area contributed by atoms with Crippen molar-refractivity contribution in [3.63, 3.8) is 0 Å². The number of carbonyl (C=O) groups excluding carboxylic acids is 2. The molecule has 2 N–H and O–H groups in total. The van der Waals surface area contributed by atoms with Gasteiger partial charge in [0, 0.05) is 0 Å². The average molecular weight is 275 g/mol. The smallest absolute Gasteiger partial charge is 0.408 e. The highest BCUT2D eigenvalue weighted by atomic mass is 16.6. The van der Waals surface area contributed by atoms with Crippen LogP contribution in [-0.4, -0.2) is 40.5 Å². The Hall–Kier alpha value is -1.30. The molecule has 0 aliphatic heterocycles. The van der Waals surface area contributed by atoms with Gasteiger partial charge >= 0.3 is 12.1 Å². The van der Waals surface area contributed by atoms with Gasteiger partial charge < -0.3 is 19.9 Å². The van der Waals surface area contributed by atoms with Crippen molar-refractivity contribution >= 4 is 12.1 Å². The van der Waals surface area contributed by atoms with Gasteiger partial charge in [0.25, 0.3) is 0 Å². The molecule has 0 heterocycles. The number of aliphatic hydroxyl groups is 1. The van der Waals surface area contributed by atoms with E-state index >= 15 is 0 Å². The van der Waals surface area contributed by atoms with E-state index in [-0.39, 0.29) is 0 Å². The maximum atomic E-state index is 11.8. The average Bonchev–Trinajstić information content (AvgIpc) is 2.07. The summed E-state index contributed by atoms with van der Waals surface area (Å²) >= 11 is 0. The van der Waals surface area contributed by atoms with E-state index < -0.39 is 35.4 Å². The van der Waals surface area contributed by atoms with Gasteiger partial charge in [0.05, 0.1) is 6.10 Å². The summed E-state index contributed by atoms with van der Waals surface area (Å²) in [5.41, 5.74) is -1.37. The van der Waals surface area contributed by atoms with Crippen molar-refractivity contribution in [1.82, 2.24) is 5.32 Å². The van der Waals surface area contributed by atoms with Crippen molar-refractivity contribution in [2.24, 2.45) is 0 Å². The topological polar surface area (TPSA) is 84.9 Å². The summed E-state index contributed by atoms with van der Waals surface area (Å²) in [6.07, 6.45) is -1.85. The van der Waals surface area contributed by atoms with Crippen molar-refractivity contribution in [2.45, 2.75) is 71.8 Å². The zero-order chi connectivity index (χ0) is 15.4. The Bertz CT molecular complexity index is 325. The van der Waals surface area contributed by atoms with Gasteiger partial charge in [-0.05, 0) is 48.5 Å². The molecule has 112 valence electrons. The number of hydrogen-bond donors (Lipinski definition) is 2. The molecular formula is C13H25NO5. The van der Waals surface area contributed by atoms with Crippen LogP contribution < -0.4 is 5.32 Å². The third-order valence-electron chi connectivity index (χ3n) is 1.82. The van der Waals surface area contributed by atoms with Gasteiger partial charge in [-0.2, -0.15) is 0 Å². The first-order valence-corrected chi connectivity index (χ1v) is 6.22. The summed E-state index contributed by atoms with van der Waals surface area (Å²) in [5, 5.41) is 11.9. The van der Waals surface area contributed by atoms with Crippen LogP contribution >= 0.6 is 0 Å². The maximum absolute atomic E-state index is 11.8. The minimum absolute atomic E-state index is 0.679. The van der Waals surface area contributed by atoms with Crippen LogP contribution in [0.2, 0.25) is 0 Å². The lowest BCUT2D eigenvalue weighted by atomic mass is 10.1. The van der Waals surface area contributed by atoms with Gasteiger partial charge in [-0.15, -0.1) is 0 Å². The summed E-state index contributed by atoms with van der Waals surface area (Å²) in [6, 6.07) is -1.16. The molecule has 0 aromatic rings. The number of carbonyl (C=O) groups is 2. The molecule has 2 unspecified atom stereocenters. The van der Waals surface area contributed by atoms with Crippen LogP contribution in [0.5, 0.6) is 0 Å². The fourth-order valence-corrected chi connectivity index (χ4v) is 1.18. The largest absolute Gasteiger partial charge is 0.458 e. The Labute approximate surface area is 114 Å². The predicted molar refractivity (Wildman–Crippen MR) is 70.7 cm³/mol. The molecule has 0 bridgehead atoms. The van der Waals surface area contributed by atoms with Crippen LogP contribution in [-0.2, 0) is 14.3 Å². The molecule has 0 aromatic carbocycles. The van der Waals surface area contributed by atoms with E-state index in [9.17, 15) is 14.7 Å². The summed E-state index contributed by atoms with van der Waals surface area (Å²) < 4.78 is 10.2. The van der Waals surface area contributed by atoms with Gasteiger partial charge in [0.15, 0.2) is 6.04 Å². The van der Waals surface area contributed by atoms with Crippen LogP contribution in [0.4, 0.5) is 4.79 Å². The van der Waals surface area contributed by atoms with E-state index in [0.29, 0.717) is 0 Å². The SMILES string of the molecule is CC(O)C(NC(=O)OC(C)(C)C)C(=O)OC(C)(C)C. The molecule has 2 atom stereocenters. The van der Waals surface area contributed by atoms with E-state index in [0.717, 1.165) is 0 Å². The molecule has 0 aliphatic rings. The molecule has 0 aromatic heterocycles. The molecule has 1 amide bonds. The fraction of sp³-hybridized carbons (Fsp3) is 0.846. The van der Waals surface area contributed by atoms with Crippen LogP contribution in [0, 0.1) is 0 Å². The molecule has 6 nitrogen and oxygen atoms in total. The van der Waals surface area contributed by atoms with Crippen LogP contribution in [0.25, 0.3) is 0 Å². The summed E-state index contributed by atoms with van der Waals surface area (Å²) in [6.45, 7) is 11.6. The van der Waals surface area contributed by atoms with Gasteiger partial charge in [-0.25, -0.2) is 9.59 Å². The molecule has 0 saturated heterocycles. The van der Waals surface area contributed by atoms with Crippen LogP contribution in [0.3, 0.4) is 0 Å². The monoisotopic (exact) mass is 275 g/mol. The lowest BCUT2D eigenvalue weighted by Gasteiger charge is -2.27. The second kappa shape index (κ2) is 6.23. The lowest BCUT2D eigenvalue weighted by Crippen LogP contribution is -2.51. The summed E-state index contributed by atoms with van der Waals surface area (Å²) in [4.78, 5) is 23.4. The first kappa shape index (κ1) is 17.7. The number of alkyl carbamates (subject to hydrolysis) is 1. The Kier molecular flexibility index (Phi) is 5.81. The highest BCUT2D eigenvalue weighted by Crippen LogP contribution is 2.11. The number of esters is 1. The van der Waals surface area contributed by atoms with E-state index in [2.05, 4.69) is 5.32 Å². The number of aliphatic hydroxyl groups excluding tert-OH is 1. The Morgan fingerprint density at radius 1 is 1.00 bits per heavy atom. The normalized spacial score (nSPS) is 15.4. The first-order valence-electron chi connectivity index (χ1n) is 6.22. The standard InChI is InChI=1S/C13H25NO5/c1-8(15)9(10(16)18-12(2,3)4)14-11(17)19-13(5,6)7/h8-9,15H,1-7H3,(H,14,17). The minimum atomic E-state index is -1.16. The molecule has 0 spiro atoms. The maximum Gasteiger partial charge on any atom is 0.408 e. The molecule has 0 rings (SSSR count). The molecule has 0 saturated carbocycles. The number of amides is 1. The second-order valence-corrected chi connectivity index (χ2v) is 6.40. The van der Waals surface area contributed by atoms with Gasteiger partial charge in [-0.1, -0.05) is 0 Å². The van der Waals surface area contributed by atoms with E-state index in [1.807, 2.05) is 0 Å². The van der Waals surface area contributed by atoms with Crippen molar-refractivity contribution in [3.05, 3.63) is 0 Å². The van der Waals surface area contributed by atoms with E-state index in [4.69, 9.17) is 9.47 Å². The van der Waals surface area contributed by atoms with Crippen molar-refractivity contribution in [1.29, 1.82) is 0 Å². The zero-order valence-corrected chi connectivity index (χ0v) is 12.7. The zero-order valence-electron chi connectivity index (χ0n) is 12.7. The molecule has 6 heteroatoms. The van der Waals surface area contributed by atoms with Crippen molar-refractivity contribution in [2.75, 3.05) is 0 Å². The predicted octanol–water partition coefficient (Wildman–Crippen LogP) is 1.60. The number of rotatable bonds is 3. The van der Waals surface area contributed by atoms with Crippen LogP contribution in [0.15, 0.2) is 0 Å². The van der Waals surface area contributed by atoms with Gasteiger partial charge in [0.2, 0.25) is 0 Å². The molecule has 19 heavy (non-hydrogen) atoms. The third kappa shape index (κ3) is 8.42. The van der Waals surface area contributed by atoms with Crippen molar-refractivity contribution < 1.29 is 24.2 Å². The highest BCUT2D eigenvalue weighted by molar-refractivity contribution is 5.82. The molecule has 0 fully saturated rings.